The Morgan fingerprint density at radius 3 is 2.62 bits per heavy atom. The molecular weight excluding hydrogens is 188 g/mol. The monoisotopic (exact) mass is 206 g/mol. The molecule has 0 fully saturated rings. The van der Waals surface area contributed by atoms with Crippen LogP contribution in [0.5, 0.6) is 0 Å². The van der Waals surface area contributed by atoms with Crippen molar-refractivity contribution in [2.24, 2.45) is 5.92 Å². The summed E-state index contributed by atoms with van der Waals surface area (Å²) < 4.78 is 0. The van der Waals surface area contributed by atoms with E-state index in [4.69, 9.17) is 10.2 Å². The van der Waals surface area contributed by atoms with Crippen molar-refractivity contribution in [3.63, 3.8) is 0 Å². The van der Waals surface area contributed by atoms with E-state index in [1.165, 1.54) is 0 Å². The predicted octanol–water partition coefficient (Wildman–Crippen LogP) is 1.60. The standard InChI is InChI=1S/C9H18O3S/c1-8(9(11)12)7-13-6-4-2-3-5-10/h8,10H,2-7H2,1H3,(H,11,12). The molecule has 0 aliphatic rings. The van der Waals surface area contributed by atoms with E-state index in [0.717, 1.165) is 25.0 Å². The Balaban J connectivity index is 3.11. The average molecular weight is 206 g/mol. The number of unbranched alkanes of at least 4 members (excludes halogenated alkanes) is 2. The Bertz CT molecular complexity index is 139. The fraction of sp³-hybridized carbons (Fsp3) is 0.889. The summed E-state index contributed by atoms with van der Waals surface area (Å²) >= 11 is 1.68. The number of rotatable bonds is 8. The number of hydrogen-bond acceptors (Lipinski definition) is 3. The number of hydrogen-bond donors (Lipinski definition) is 2. The average Bonchev–Trinajstić information content (AvgIpc) is 2.10. The van der Waals surface area contributed by atoms with Crippen molar-refractivity contribution in [2.75, 3.05) is 18.1 Å². The van der Waals surface area contributed by atoms with Gasteiger partial charge in [-0.05, 0) is 18.6 Å². The van der Waals surface area contributed by atoms with Crippen LogP contribution in [0.15, 0.2) is 0 Å². The maximum absolute atomic E-state index is 10.4. The molecule has 13 heavy (non-hydrogen) atoms. The quantitative estimate of drug-likeness (QED) is 0.592. The van der Waals surface area contributed by atoms with E-state index in [0.29, 0.717) is 5.75 Å². The van der Waals surface area contributed by atoms with Crippen molar-refractivity contribution >= 4 is 17.7 Å². The highest BCUT2D eigenvalue weighted by Gasteiger charge is 2.09. The molecule has 0 aromatic rings. The van der Waals surface area contributed by atoms with Gasteiger partial charge in [0.05, 0.1) is 5.92 Å². The molecule has 1 unspecified atom stereocenters. The van der Waals surface area contributed by atoms with Gasteiger partial charge < -0.3 is 10.2 Å². The summed E-state index contributed by atoms with van der Waals surface area (Å²) in [6, 6.07) is 0. The van der Waals surface area contributed by atoms with Crippen molar-refractivity contribution in [3.8, 4) is 0 Å². The first-order valence-electron chi connectivity index (χ1n) is 4.60. The first kappa shape index (κ1) is 12.8. The first-order chi connectivity index (χ1) is 6.18. The molecule has 4 heteroatoms. The molecule has 0 aromatic heterocycles. The fourth-order valence-corrected chi connectivity index (χ4v) is 1.90. The zero-order valence-electron chi connectivity index (χ0n) is 8.03. The summed E-state index contributed by atoms with van der Waals surface area (Å²) in [5.74, 6) is 0.720. The van der Waals surface area contributed by atoms with Gasteiger partial charge in [0.15, 0.2) is 0 Å². The van der Waals surface area contributed by atoms with Crippen LogP contribution < -0.4 is 0 Å². The Hall–Kier alpha value is -0.220. The minimum atomic E-state index is -0.720. The number of aliphatic hydroxyl groups excluding tert-OH is 1. The zero-order chi connectivity index (χ0) is 10.1. The summed E-state index contributed by atoms with van der Waals surface area (Å²) in [7, 11) is 0. The van der Waals surface area contributed by atoms with Crippen LogP contribution in [0.25, 0.3) is 0 Å². The number of aliphatic hydroxyl groups is 1. The van der Waals surface area contributed by atoms with E-state index in [-0.39, 0.29) is 12.5 Å². The van der Waals surface area contributed by atoms with Gasteiger partial charge in [0, 0.05) is 12.4 Å². The predicted molar refractivity (Wildman–Crippen MR) is 55.1 cm³/mol. The lowest BCUT2D eigenvalue weighted by molar-refractivity contribution is -0.140. The molecule has 0 bridgehead atoms. The van der Waals surface area contributed by atoms with Crippen molar-refractivity contribution < 1.29 is 15.0 Å². The largest absolute Gasteiger partial charge is 0.481 e. The summed E-state index contributed by atoms with van der Waals surface area (Å²) in [6.07, 6.45) is 2.96. The van der Waals surface area contributed by atoms with Crippen molar-refractivity contribution in [3.05, 3.63) is 0 Å². The molecule has 0 rings (SSSR count). The molecule has 0 saturated heterocycles. The second-order valence-corrected chi connectivity index (χ2v) is 4.25. The molecule has 2 N–H and O–H groups in total. The van der Waals surface area contributed by atoms with Crippen LogP contribution in [-0.4, -0.2) is 34.3 Å². The number of aliphatic carboxylic acids is 1. The maximum Gasteiger partial charge on any atom is 0.307 e. The Morgan fingerprint density at radius 1 is 1.38 bits per heavy atom. The normalized spacial score (nSPS) is 12.8. The highest BCUT2D eigenvalue weighted by molar-refractivity contribution is 7.99. The smallest absolute Gasteiger partial charge is 0.307 e. The molecule has 0 heterocycles. The molecule has 0 amide bonds. The van der Waals surface area contributed by atoms with Gasteiger partial charge in [0.1, 0.15) is 0 Å². The van der Waals surface area contributed by atoms with Crippen LogP contribution in [-0.2, 0) is 4.79 Å². The van der Waals surface area contributed by atoms with Crippen LogP contribution in [0.4, 0.5) is 0 Å². The minimum absolute atomic E-state index is 0.247. The van der Waals surface area contributed by atoms with Gasteiger partial charge in [-0.25, -0.2) is 0 Å². The molecule has 0 spiro atoms. The maximum atomic E-state index is 10.4. The Morgan fingerprint density at radius 2 is 2.08 bits per heavy atom. The zero-order valence-corrected chi connectivity index (χ0v) is 8.85. The van der Waals surface area contributed by atoms with Crippen molar-refractivity contribution in [1.29, 1.82) is 0 Å². The van der Waals surface area contributed by atoms with E-state index in [1.54, 1.807) is 18.7 Å². The fourth-order valence-electron chi connectivity index (χ4n) is 0.824. The molecule has 0 aliphatic carbocycles. The van der Waals surface area contributed by atoms with E-state index >= 15 is 0 Å². The van der Waals surface area contributed by atoms with Crippen LogP contribution in [0.1, 0.15) is 26.2 Å². The third-order valence-electron chi connectivity index (χ3n) is 1.74. The number of thioether (sulfide) groups is 1. The lowest BCUT2D eigenvalue weighted by Crippen LogP contribution is -2.12. The third kappa shape index (κ3) is 8.12. The number of carbonyl (C=O) groups is 1. The molecule has 78 valence electrons. The molecule has 3 nitrogen and oxygen atoms in total. The molecule has 0 aliphatic heterocycles. The molecule has 0 aromatic carbocycles. The van der Waals surface area contributed by atoms with E-state index in [2.05, 4.69) is 0 Å². The molecule has 0 saturated carbocycles. The molecular formula is C9H18O3S. The lowest BCUT2D eigenvalue weighted by Gasteiger charge is -2.04. The highest BCUT2D eigenvalue weighted by atomic mass is 32.2. The van der Waals surface area contributed by atoms with Crippen molar-refractivity contribution in [1.82, 2.24) is 0 Å². The number of carboxylic acids is 1. The van der Waals surface area contributed by atoms with Crippen molar-refractivity contribution in [2.45, 2.75) is 26.2 Å². The summed E-state index contributed by atoms with van der Waals surface area (Å²) in [6.45, 7) is 1.99. The van der Waals surface area contributed by atoms with Gasteiger partial charge in [-0.2, -0.15) is 11.8 Å². The Labute approximate surface area is 83.5 Å². The Kier molecular flexibility index (Phi) is 8.24. The van der Waals surface area contributed by atoms with Crippen LogP contribution in [0.3, 0.4) is 0 Å². The van der Waals surface area contributed by atoms with Crippen LogP contribution in [0.2, 0.25) is 0 Å². The van der Waals surface area contributed by atoms with Gasteiger partial charge in [0.2, 0.25) is 0 Å². The second kappa shape index (κ2) is 8.38. The van der Waals surface area contributed by atoms with Crippen LogP contribution in [0, 0.1) is 5.92 Å². The molecule has 0 radical (unpaired) electrons. The van der Waals surface area contributed by atoms with E-state index in [1.807, 2.05) is 0 Å². The van der Waals surface area contributed by atoms with Gasteiger partial charge in [0.25, 0.3) is 0 Å². The third-order valence-corrected chi connectivity index (χ3v) is 3.05. The van der Waals surface area contributed by atoms with E-state index < -0.39 is 5.97 Å². The summed E-state index contributed by atoms with van der Waals surface area (Å²) in [5.41, 5.74) is 0. The minimum Gasteiger partial charge on any atom is -0.481 e. The topological polar surface area (TPSA) is 57.5 Å². The van der Waals surface area contributed by atoms with Gasteiger partial charge in [-0.15, -0.1) is 0 Å². The van der Waals surface area contributed by atoms with E-state index in [9.17, 15) is 4.79 Å². The summed E-state index contributed by atoms with van der Waals surface area (Å²) in [5, 5.41) is 17.1. The van der Waals surface area contributed by atoms with Gasteiger partial charge >= 0.3 is 5.97 Å². The SMILES string of the molecule is CC(CSCCCCCO)C(=O)O. The van der Waals surface area contributed by atoms with Gasteiger partial charge in [-0.1, -0.05) is 13.3 Å². The molecule has 1 atom stereocenters. The lowest BCUT2D eigenvalue weighted by atomic mass is 10.2. The second-order valence-electron chi connectivity index (χ2n) is 3.10. The van der Waals surface area contributed by atoms with Crippen LogP contribution >= 0.6 is 11.8 Å². The number of carboxylic acid groups (broad SMARTS) is 1. The first-order valence-corrected chi connectivity index (χ1v) is 5.75. The highest BCUT2D eigenvalue weighted by Crippen LogP contribution is 2.11. The summed E-state index contributed by atoms with van der Waals surface area (Å²) in [4.78, 5) is 10.4. The van der Waals surface area contributed by atoms with Gasteiger partial charge in [-0.3, -0.25) is 4.79 Å².